The first-order valence-electron chi connectivity index (χ1n) is 1.90. The molecule has 0 aromatic rings. The minimum Gasteiger partial charge on any atom is -0.183 e. The van der Waals surface area contributed by atoms with Crippen molar-refractivity contribution in [3.05, 3.63) is 0 Å². The zero-order valence-corrected chi connectivity index (χ0v) is 10.5. The Kier molecular flexibility index (Phi) is 17.3. The Morgan fingerprint density at radius 1 is 0.438 bits per heavy atom. The normalized spacial score (nSPS) is 11.2. The molecule has 109 valence electrons. The van der Waals surface area contributed by atoms with E-state index in [4.69, 9.17) is 55.9 Å². The molecule has 0 saturated carbocycles. The van der Waals surface area contributed by atoms with E-state index in [-0.39, 0.29) is 36.9 Å². The fraction of sp³-hybridized carbons (Fsp3) is 0. The third-order valence-electron chi connectivity index (χ3n) is 0. The molecule has 0 aliphatic heterocycles. The first kappa shape index (κ1) is 26.2. The molecule has 0 aromatic heterocycles. The van der Waals surface area contributed by atoms with Gasteiger partial charge >= 0.3 is 0 Å². The van der Waals surface area contributed by atoms with Crippen molar-refractivity contribution in [2.75, 3.05) is 0 Å². The van der Waals surface area contributed by atoms with Gasteiger partial charge in [0, 0.05) is 36.9 Å². The summed E-state index contributed by atoms with van der Waals surface area (Å²) in [4.78, 5) is 0. The van der Waals surface area contributed by atoms with Gasteiger partial charge in [-0.2, -0.15) is 41.9 Å². The molecule has 0 saturated heterocycles. The molecule has 0 aliphatic carbocycles. The van der Waals surface area contributed by atoms with Crippen molar-refractivity contribution >= 4 is 0 Å². The summed E-state index contributed by atoms with van der Waals surface area (Å²) in [6.07, 6.45) is 0. The van der Waals surface area contributed by atoms with E-state index in [1.165, 1.54) is 0 Å². The second kappa shape index (κ2) is 10.5. The van der Waals surface area contributed by atoms with E-state index < -0.39 is 30.7 Å². The Bertz CT molecular complexity index is 91.3. The van der Waals surface area contributed by atoms with Gasteiger partial charge in [0.15, 0.2) is 0 Å². The van der Waals surface area contributed by atoms with E-state index in [0.717, 1.165) is 0 Å². The van der Waals surface area contributed by atoms with Gasteiger partial charge in [-0.05, 0) is 0 Å². The monoisotopic (exact) mass is 469 g/mol. The fourth-order valence-corrected chi connectivity index (χ4v) is 0. The molecule has 0 atom stereocenters. The van der Waals surface area contributed by atoms with Crippen LogP contribution in [0.2, 0.25) is 0 Å². The van der Waals surface area contributed by atoms with Gasteiger partial charge in [0.25, 0.3) is 0 Å². The summed E-state index contributed by atoms with van der Waals surface area (Å²) in [5, 5.41) is 0. The van der Waals surface area contributed by atoms with Crippen LogP contribution in [-0.2, 0) is 0 Å². The molecule has 0 unspecified atom stereocenters. The third kappa shape index (κ3) is 1270. The largest absolute Gasteiger partial charge is 0.183 e. The summed E-state index contributed by atoms with van der Waals surface area (Å²) in [5.41, 5.74) is 0. The van der Waals surface area contributed by atoms with E-state index >= 15 is 0 Å². The van der Waals surface area contributed by atoms with E-state index in [9.17, 15) is 0 Å². The first-order valence-corrected chi connectivity index (χ1v) is 5.69. The molecule has 0 amide bonds. The Labute approximate surface area is 123 Å². The number of hydrogen-bond acceptors (Lipinski definition) is 12. The molecule has 12 nitrogen and oxygen atoms in total. The molecular formula is H3Cl3O12Tm. The van der Waals surface area contributed by atoms with Gasteiger partial charge in [-0.15, -0.1) is 0 Å². The van der Waals surface area contributed by atoms with Crippen LogP contribution in [0.5, 0.6) is 0 Å². The van der Waals surface area contributed by atoms with Gasteiger partial charge in [0.1, 0.15) is 0 Å². The van der Waals surface area contributed by atoms with Crippen molar-refractivity contribution in [3.63, 3.8) is 0 Å². The minimum absolute atomic E-state index is 0. The molecule has 3 N–H and O–H groups in total. The smallest absolute Gasteiger partial charge is 0.0777 e. The molecule has 0 aromatic carbocycles. The van der Waals surface area contributed by atoms with Gasteiger partial charge in [0.2, 0.25) is 0 Å². The maximum absolute atomic E-state index is 8.60. The maximum Gasteiger partial charge on any atom is 0.0777 e. The van der Waals surface area contributed by atoms with Crippen LogP contribution in [-0.4, -0.2) is 14.0 Å². The topological polar surface area (TPSA) is 268 Å². The number of rotatable bonds is 0. The van der Waals surface area contributed by atoms with Crippen molar-refractivity contribution in [2.45, 2.75) is 0 Å². The first-order chi connectivity index (χ1) is 6.00. The predicted octanol–water partition coefficient (Wildman–Crippen LogP) is -12.4. The zero-order chi connectivity index (χ0) is 13.5. The Morgan fingerprint density at radius 3 is 0.438 bits per heavy atom. The van der Waals surface area contributed by atoms with Gasteiger partial charge in [-0.1, -0.05) is 0 Å². The summed E-state index contributed by atoms with van der Waals surface area (Å²) < 4.78 is 98.2. The van der Waals surface area contributed by atoms with Crippen LogP contribution in [0.1, 0.15) is 0 Å². The van der Waals surface area contributed by atoms with Gasteiger partial charge in [-0.3, -0.25) is 0 Å². The number of halogens is 3. The van der Waals surface area contributed by atoms with Gasteiger partial charge < -0.3 is 0 Å². The molecule has 0 fully saturated rings. The predicted molar refractivity (Wildman–Crippen MR) is 6.66 cm³/mol. The zero-order valence-electron chi connectivity index (χ0n) is 6.43. The van der Waals surface area contributed by atoms with E-state index in [1.54, 1.807) is 0 Å². The summed E-state index contributed by atoms with van der Waals surface area (Å²) >= 11 is 0. The second-order valence-corrected chi connectivity index (χ2v) is 3.56. The molecule has 0 heterocycles. The quantitative estimate of drug-likeness (QED) is 0.298. The number of hydrogen-bond donors (Lipinski definition) is 3. The summed E-state index contributed by atoms with van der Waals surface area (Å²) in [6, 6.07) is 0. The Hall–Kier alpha value is 1.62. The molecule has 0 bridgehead atoms. The second-order valence-electron chi connectivity index (χ2n) is 1.19. The molecule has 16 heteroatoms. The van der Waals surface area contributed by atoms with Crippen LogP contribution in [0.15, 0.2) is 0 Å². The molecular weight excluding hydrogens is 467 g/mol. The molecule has 0 rings (SSSR count). The summed E-state index contributed by atoms with van der Waals surface area (Å²) in [5.74, 6) is 0. The van der Waals surface area contributed by atoms with Crippen molar-refractivity contribution in [1.82, 2.24) is 0 Å². The third-order valence-corrected chi connectivity index (χ3v) is 0. The van der Waals surface area contributed by atoms with Crippen LogP contribution >= 0.6 is 0 Å². The van der Waals surface area contributed by atoms with Crippen molar-refractivity contribution < 1.29 is 124 Å². The van der Waals surface area contributed by atoms with Gasteiger partial charge in [0.05, 0.1) is 44.7 Å². The van der Waals surface area contributed by atoms with Crippen LogP contribution in [0, 0.1) is 67.6 Å². The molecule has 16 heavy (non-hydrogen) atoms. The average molecular weight is 470 g/mol. The van der Waals surface area contributed by atoms with Crippen molar-refractivity contribution in [3.8, 4) is 0 Å². The van der Waals surface area contributed by atoms with Crippen LogP contribution in [0.4, 0.5) is 0 Å². The van der Waals surface area contributed by atoms with Crippen LogP contribution < -0.4 is 41.9 Å². The van der Waals surface area contributed by atoms with E-state index in [2.05, 4.69) is 0 Å². The molecule has 1 radical (unpaired) electrons. The van der Waals surface area contributed by atoms with Crippen LogP contribution in [0.25, 0.3) is 0 Å². The maximum atomic E-state index is 8.60. The SMILES string of the molecule is [O-][Cl+3]([O-])([O-])O.[O-][Cl+3]([O-])([O-])O.[O-][Cl+3]([O-])([O-])O.[Tm]. The summed E-state index contributed by atoms with van der Waals surface area (Å²) in [6.45, 7) is 0. The Balaban J connectivity index is -0.0000000655. The fourth-order valence-electron chi connectivity index (χ4n) is 0. The van der Waals surface area contributed by atoms with E-state index in [0.29, 0.717) is 0 Å². The molecule has 0 aliphatic rings. The van der Waals surface area contributed by atoms with Crippen molar-refractivity contribution in [1.29, 1.82) is 0 Å². The average Bonchev–Trinajstić information content (AvgIpc) is 1.41. The van der Waals surface area contributed by atoms with Gasteiger partial charge in [-0.25, -0.2) is 0 Å². The minimum atomic E-state index is -4.69. The standard InChI is InChI=1S/3ClHO4.Tm/c3*2-1(3,4)5;/h3*(H,2,3,4,5);. The Morgan fingerprint density at radius 2 is 0.438 bits per heavy atom. The van der Waals surface area contributed by atoms with Crippen LogP contribution in [0.3, 0.4) is 0 Å². The summed E-state index contributed by atoms with van der Waals surface area (Å²) in [7, 11) is -14.1. The van der Waals surface area contributed by atoms with Crippen molar-refractivity contribution in [2.24, 2.45) is 0 Å². The van der Waals surface area contributed by atoms with E-state index in [1.807, 2.05) is 0 Å². The molecule has 0 spiro atoms.